The Bertz CT molecular complexity index is 1050. The van der Waals surface area contributed by atoms with Crippen LogP contribution in [0.1, 0.15) is 24.0 Å². The standard InChI is InChI=1S/C27H30N2O4/c30-25-9-5-4-8-24(25)28-26(31)20-21-10-12-23(13-11-21)33-19-18-29-16-14-27(32,15-17-29)22-6-2-1-3-7-22/h1-13,30,32H,14-20H2,(H,28,31). The molecule has 3 N–H and O–H groups in total. The lowest BCUT2D eigenvalue weighted by molar-refractivity contribution is -0.115. The van der Waals surface area contributed by atoms with Gasteiger partial charge in [-0.2, -0.15) is 0 Å². The maximum Gasteiger partial charge on any atom is 0.228 e. The number of hydrogen-bond donors (Lipinski definition) is 3. The highest BCUT2D eigenvalue weighted by molar-refractivity contribution is 5.93. The van der Waals surface area contributed by atoms with E-state index in [0.29, 0.717) is 25.1 Å². The zero-order valence-electron chi connectivity index (χ0n) is 18.6. The summed E-state index contributed by atoms with van der Waals surface area (Å²) in [5.41, 5.74) is 1.53. The van der Waals surface area contributed by atoms with E-state index in [1.54, 1.807) is 18.2 Å². The van der Waals surface area contributed by atoms with E-state index in [2.05, 4.69) is 10.2 Å². The Morgan fingerprint density at radius 3 is 2.30 bits per heavy atom. The molecule has 0 spiro atoms. The zero-order valence-corrected chi connectivity index (χ0v) is 18.6. The summed E-state index contributed by atoms with van der Waals surface area (Å²) in [5, 5.41) is 23.4. The number of aromatic hydroxyl groups is 1. The monoisotopic (exact) mass is 446 g/mol. The topological polar surface area (TPSA) is 82.0 Å². The lowest BCUT2D eigenvalue weighted by atomic mass is 9.84. The van der Waals surface area contributed by atoms with E-state index in [9.17, 15) is 15.0 Å². The van der Waals surface area contributed by atoms with Crippen LogP contribution in [0.5, 0.6) is 11.5 Å². The Morgan fingerprint density at radius 2 is 1.61 bits per heavy atom. The van der Waals surface area contributed by atoms with Gasteiger partial charge in [0.15, 0.2) is 0 Å². The number of rotatable bonds is 8. The number of anilines is 1. The van der Waals surface area contributed by atoms with Crippen molar-refractivity contribution >= 4 is 11.6 Å². The zero-order chi connectivity index (χ0) is 23.1. The van der Waals surface area contributed by atoms with Gasteiger partial charge < -0.3 is 20.3 Å². The van der Waals surface area contributed by atoms with Crippen LogP contribution in [0.4, 0.5) is 5.69 Å². The van der Waals surface area contributed by atoms with Crippen LogP contribution in [0.3, 0.4) is 0 Å². The summed E-state index contributed by atoms with van der Waals surface area (Å²) in [5.74, 6) is 0.622. The number of benzene rings is 3. The minimum absolute atomic E-state index is 0.0491. The van der Waals surface area contributed by atoms with Crippen molar-refractivity contribution in [2.24, 2.45) is 0 Å². The average molecular weight is 447 g/mol. The highest BCUT2D eigenvalue weighted by Gasteiger charge is 2.33. The number of amides is 1. The maximum absolute atomic E-state index is 12.2. The molecule has 1 amide bonds. The molecule has 1 aliphatic heterocycles. The Morgan fingerprint density at radius 1 is 0.939 bits per heavy atom. The van der Waals surface area contributed by atoms with Crippen molar-refractivity contribution in [3.05, 3.63) is 90.0 Å². The summed E-state index contributed by atoms with van der Waals surface area (Å²) in [4.78, 5) is 14.5. The van der Waals surface area contributed by atoms with Crippen molar-refractivity contribution in [3.8, 4) is 11.5 Å². The summed E-state index contributed by atoms with van der Waals surface area (Å²) in [6.07, 6.45) is 1.65. The Balaban J connectivity index is 1.19. The van der Waals surface area contributed by atoms with Gasteiger partial charge in [0.1, 0.15) is 18.1 Å². The number of aliphatic hydroxyl groups is 1. The second-order valence-corrected chi connectivity index (χ2v) is 8.47. The molecule has 0 saturated carbocycles. The molecule has 1 heterocycles. The molecule has 0 aliphatic carbocycles. The van der Waals surface area contributed by atoms with Gasteiger partial charge in [0.2, 0.25) is 5.91 Å². The van der Waals surface area contributed by atoms with Gasteiger partial charge in [-0.3, -0.25) is 9.69 Å². The molecule has 1 saturated heterocycles. The fourth-order valence-electron chi connectivity index (χ4n) is 4.14. The molecule has 3 aromatic rings. The van der Waals surface area contributed by atoms with Crippen molar-refractivity contribution in [1.82, 2.24) is 4.90 Å². The van der Waals surface area contributed by atoms with Gasteiger partial charge in [-0.05, 0) is 48.2 Å². The van der Waals surface area contributed by atoms with E-state index in [4.69, 9.17) is 4.74 Å². The summed E-state index contributed by atoms with van der Waals surface area (Å²) in [6.45, 7) is 3.03. The number of carbonyl (C=O) groups is 1. The van der Waals surface area contributed by atoms with Crippen LogP contribution in [0.2, 0.25) is 0 Å². The predicted molar refractivity (Wildman–Crippen MR) is 128 cm³/mol. The molecule has 6 heteroatoms. The molecule has 3 aromatic carbocycles. The number of phenols is 1. The number of ether oxygens (including phenoxy) is 1. The summed E-state index contributed by atoms with van der Waals surface area (Å²) >= 11 is 0. The molecule has 1 aliphatic rings. The van der Waals surface area contributed by atoms with Gasteiger partial charge in [-0.15, -0.1) is 0 Å². The molecular weight excluding hydrogens is 416 g/mol. The number of carbonyl (C=O) groups excluding carboxylic acids is 1. The average Bonchev–Trinajstić information content (AvgIpc) is 2.84. The van der Waals surface area contributed by atoms with E-state index in [0.717, 1.165) is 36.5 Å². The van der Waals surface area contributed by atoms with Crippen molar-refractivity contribution in [2.45, 2.75) is 24.9 Å². The van der Waals surface area contributed by atoms with Crippen LogP contribution in [0.15, 0.2) is 78.9 Å². The molecule has 4 rings (SSSR count). The van der Waals surface area contributed by atoms with Crippen LogP contribution in [0.25, 0.3) is 0 Å². The molecule has 33 heavy (non-hydrogen) atoms. The van der Waals surface area contributed by atoms with Crippen LogP contribution < -0.4 is 10.1 Å². The van der Waals surface area contributed by atoms with Gasteiger partial charge >= 0.3 is 0 Å². The van der Waals surface area contributed by atoms with Crippen LogP contribution in [-0.2, 0) is 16.8 Å². The smallest absolute Gasteiger partial charge is 0.228 e. The Labute approximate surface area is 194 Å². The number of hydrogen-bond acceptors (Lipinski definition) is 5. The van der Waals surface area contributed by atoms with Gasteiger partial charge in [0.05, 0.1) is 17.7 Å². The molecule has 0 aromatic heterocycles. The molecule has 6 nitrogen and oxygen atoms in total. The molecule has 0 unspecified atom stereocenters. The number of nitrogens with zero attached hydrogens (tertiary/aromatic N) is 1. The molecule has 1 fully saturated rings. The number of likely N-dealkylation sites (tertiary alicyclic amines) is 1. The van der Waals surface area contributed by atoms with E-state index < -0.39 is 5.60 Å². The first kappa shape index (κ1) is 22.8. The van der Waals surface area contributed by atoms with Crippen molar-refractivity contribution in [3.63, 3.8) is 0 Å². The SMILES string of the molecule is O=C(Cc1ccc(OCCN2CCC(O)(c3ccccc3)CC2)cc1)Nc1ccccc1O. The van der Waals surface area contributed by atoms with E-state index in [1.165, 1.54) is 6.07 Å². The van der Waals surface area contributed by atoms with Crippen LogP contribution >= 0.6 is 0 Å². The largest absolute Gasteiger partial charge is 0.506 e. The fourth-order valence-corrected chi connectivity index (χ4v) is 4.14. The number of piperidine rings is 1. The normalized spacial score (nSPS) is 15.7. The predicted octanol–water partition coefficient (Wildman–Crippen LogP) is 3.94. The highest BCUT2D eigenvalue weighted by atomic mass is 16.5. The number of phenolic OH excluding ortho intramolecular Hbond substituents is 1. The second-order valence-electron chi connectivity index (χ2n) is 8.47. The third-order valence-corrected chi connectivity index (χ3v) is 6.14. The minimum Gasteiger partial charge on any atom is -0.506 e. The number of nitrogens with one attached hydrogen (secondary N) is 1. The van der Waals surface area contributed by atoms with Gasteiger partial charge in [0, 0.05) is 19.6 Å². The van der Waals surface area contributed by atoms with E-state index in [1.807, 2.05) is 54.6 Å². The summed E-state index contributed by atoms with van der Waals surface area (Å²) in [6, 6.07) is 24.1. The van der Waals surface area contributed by atoms with Crippen LogP contribution in [0, 0.1) is 0 Å². The van der Waals surface area contributed by atoms with E-state index in [-0.39, 0.29) is 18.1 Å². The third-order valence-electron chi connectivity index (χ3n) is 6.14. The molecule has 0 atom stereocenters. The van der Waals surface area contributed by atoms with Crippen molar-refractivity contribution in [1.29, 1.82) is 0 Å². The lowest BCUT2D eigenvalue weighted by Crippen LogP contribution is -2.43. The molecule has 172 valence electrons. The first-order valence-corrected chi connectivity index (χ1v) is 11.3. The van der Waals surface area contributed by atoms with Gasteiger partial charge in [0.25, 0.3) is 0 Å². The molecular formula is C27H30N2O4. The molecule has 0 radical (unpaired) electrons. The fraction of sp³-hybridized carbons (Fsp3) is 0.296. The van der Waals surface area contributed by atoms with Gasteiger partial charge in [-0.25, -0.2) is 0 Å². The number of para-hydroxylation sites is 2. The summed E-state index contributed by atoms with van der Waals surface area (Å²) in [7, 11) is 0. The Kier molecular flexibility index (Phi) is 7.27. The van der Waals surface area contributed by atoms with Crippen LogP contribution in [-0.4, -0.2) is 47.3 Å². The minimum atomic E-state index is -0.736. The van der Waals surface area contributed by atoms with Gasteiger partial charge in [-0.1, -0.05) is 54.6 Å². The first-order valence-electron chi connectivity index (χ1n) is 11.3. The highest BCUT2D eigenvalue weighted by Crippen LogP contribution is 2.32. The maximum atomic E-state index is 12.2. The molecule has 0 bridgehead atoms. The lowest BCUT2D eigenvalue weighted by Gasteiger charge is -2.38. The van der Waals surface area contributed by atoms with Crippen molar-refractivity contribution < 1.29 is 19.7 Å². The quantitative estimate of drug-likeness (QED) is 0.457. The Hall–Kier alpha value is -3.35. The third kappa shape index (κ3) is 6.12. The summed E-state index contributed by atoms with van der Waals surface area (Å²) < 4.78 is 5.88. The first-order chi connectivity index (χ1) is 16.0. The second kappa shape index (κ2) is 10.5. The van der Waals surface area contributed by atoms with E-state index >= 15 is 0 Å². The van der Waals surface area contributed by atoms with Crippen molar-refractivity contribution in [2.75, 3.05) is 31.6 Å².